The summed E-state index contributed by atoms with van der Waals surface area (Å²) >= 11 is 0. The molecule has 1 aliphatic heterocycles. The number of carboxylic acids is 1. The summed E-state index contributed by atoms with van der Waals surface area (Å²) < 4.78 is 23.6. The highest BCUT2D eigenvalue weighted by Gasteiger charge is 2.32. The molecule has 9 heteroatoms. The number of hydrogen-bond donors (Lipinski definition) is 1. The van der Waals surface area contributed by atoms with Crippen molar-refractivity contribution in [2.45, 2.75) is 25.8 Å². The summed E-state index contributed by atoms with van der Waals surface area (Å²) in [5.74, 6) is -1.15. The molecule has 1 aromatic heterocycles. The van der Waals surface area contributed by atoms with Gasteiger partial charge in [-0.15, -0.1) is 0 Å². The highest BCUT2D eigenvalue weighted by atomic mass is 19.1. The van der Waals surface area contributed by atoms with E-state index < -0.39 is 12.0 Å². The Morgan fingerprint density at radius 3 is 2.96 bits per heavy atom. The molecule has 8 nitrogen and oxygen atoms in total. The number of nitrogens with zero attached hydrogens (tertiary/aromatic N) is 3. The molecule has 0 unspecified atom stereocenters. The van der Waals surface area contributed by atoms with Crippen molar-refractivity contribution in [1.29, 1.82) is 0 Å². The van der Waals surface area contributed by atoms with Crippen molar-refractivity contribution >= 4 is 11.9 Å². The second kappa shape index (κ2) is 7.61. The molecule has 0 saturated carbocycles. The van der Waals surface area contributed by atoms with Crippen LogP contribution in [0.2, 0.25) is 0 Å². The minimum atomic E-state index is -1.09. The highest BCUT2D eigenvalue weighted by molar-refractivity contribution is 5.84. The lowest BCUT2D eigenvalue weighted by atomic mass is 10.1. The first-order valence-electron chi connectivity index (χ1n) is 8.15. The molecule has 1 saturated heterocycles. The second-order valence-electron chi connectivity index (χ2n) is 5.99. The first-order valence-corrected chi connectivity index (χ1v) is 8.15. The fourth-order valence-electron chi connectivity index (χ4n) is 2.72. The van der Waals surface area contributed by atoms with E-state index in [1.807, 2.05) is 0 Å². The Labute approximate surface area is 148 Å². The zero-order valence-electron chi connectivity index (χ0n) is 14.1. The number of amides is 1. The van der Waals surface area contributed by atoms with Crippen LogP contribution in [0.1, 0.15) is 17.9 Å². The molecule has 26 heavy (non-hydrogen) atoms. The van der Waals surface area contributed by atoms with Gasteiger partial charge in [0.15, 0.2) is 6.04 Å². The normalized spacial score (nSPS) is 17.3. The van der Waals surface area contributed by atoms with Gasteiger partial charge in [0.05, 0.1) is 13.2 Å². The van der Waals surface area contributed by atoms with Gasteiger partial charge in [-0.3, -0.25) is 4.79 Å². The number of rotatable bonds is 5. The van der Waals surface area contributed by atoms with Crippen LogP contribution in [0.5, 0.6) is 0 Å². The summed E-state index contributed by atoms with van der Waals surface area (Å²) in [4.78, 5) is 29.0. The number of halogens is 1. The molecule has 0 spiro atoms. The third-order valence-corrected chi connectivity index (χ3v) is 4.17. The van der Waals surface area contributed by atoms with Crippen molar-refractivity contribution in [2.24, 2.45) is 0 Å². The molecule has 0 bridgehead atoms. The Kier molecular flexibility index (Phi) is 5.27. The number of carbonyl (C=O) groups excluding carboxylic acids is 1. The van der Waals surface area contributed by atoms with E-state index in [0.29, 0.717) is 23.6 Å². The fourth-order valence-corrected chi connectivity index (χ4v) is 2.72. The molecule has 0 radical (unpaired) electrons. The Morgan fingerprint density at radius 1 is 1.42 bits per heavy atom. The Balaban J connectivity index is 1.63. The summed E-state index contributed by atoms with van der Waals surface area (Å²) in [6, 6.07) is 3.51. The molecule has 138 valence electrons. The molecule has 1 N–H and O–H groups in total. The van der Waals surface area contributed by atoms with Gasteiger partial charge in [0.1, 0.15) is 5.82 Å². The van der Waals surface area contributed by atoms with Crippen LogP contribution in [-0.4, -0.2) is 57.8 Å². The van der Waals surface area contributed by atoms with Gasteiger partial charge in [0, 0.05) is 24.9 Å². The predicted molar refractivity (Wildman–Crippen MR) is 86.7 cm³/mol. The molecule has 2 aromatic rings. The van der Waals surface area contributed by atoms with Crippen LogP contribution in [0.15, 0.2) is 22.7 Å². The first-order chi connectivity index (χ1) is 12.5. The number of benzene rings is 1. The SMILES string of the molecule is Cc1cc(-c2noc(CCC(=O)N3CCOC[C@H]3C(=O)O)n2)ccc1F. The molecule has 1 fully saturated rings. The minimum absolute atomic E-state index is 0.0182. The average Bonchev–Trinajstić information content (AvgIpc) is 3.11. The third-order valence-electron chi connectivity index (χ3n) is 4.17. The summed E-state index contributed by atoms with van der Waals surface area (Å²) in [5, 5.41) is 13.0. The predicted octanol–water partition coefficient (Wildman–Crippen LogP) is 1.43. The number of aromatic nitrogens is 2. The highest BCUT2D eigenvalue weighted by Crippen LogP contribution is 2.19. The van der Waals surface area contributed by atoms with Crippen LogP contribution < -0.4 is 0 Å². The molecule has 1 aliphatic rings. The maximum atomic E-state index is 13.3. The number of morpholine rings is 1. The topological polar surface area (TPSA) is 106 Å². The standard InChI is InChI=1S/C17H18FN3O5/c1-10-8-11(2-3-12(10)18)16-19-14(26-20-16)4-5-15(22)21-6-7-25-9-13(21)17(23)24/h2-3,8,13H,4-7,9H2,1H3,(H,23,24)/t13-/m0/s1. The van der Waals surface area contributed by atoms with Crippen LogP contribution >= 0.6 is 0 Å². The number of aryl methyl sites for hydroxylation is 2. The number of carbonyl (C=O) groups is 2. The van der Waals surface area contributed by atoms with E-state index in [1.54, 1.807) is 19.1 Å². The van der Waals surface area contributed by atoms with Gasteiger partial charge in [-0.25, -0.2) is 9.18 Å². The van der Waals surface area contributed by atoms with E-state index in [2.05, 4.69) is 10.1 Å². The number of aliphatic carboxylic acids is 1. The molecular formula is C17H18FN3O5. The lowest BCUT2D eigenvalue weighted by Gasteiger charge is -2.32. The van der Waals surface area contributed by atoms with Crippen LogP contribution in [0.25, 0.3) is 11.4 Å². The molecule has 2 heterocycles. The van der Waals surface area contributed by atoms with Crippen molar-refractivity contribution in [3.8, 4) is 11.4 Å². The van der Waals surface area contributed by atoms with Crippen molar-refractivity contribution in [3.63, 3.8) is 0 Å². The summed E-state index contributed by atoms with van der Waals surface area (Å²) in [6.07, 6.45) is 0.240. The van der Waals surface area contributed by atoms with Gasteiger partial charge in [0.25, 0.3) is 0 Å². The molecule has 1 atom stereocenters. The molecule has 0 aliphatic carbocycles. The van der Waals surface area contributed by atoms with Crippen molar-refractivity contribution in [1.82, 2.24) is 15.0 Å². The monoisotopic (exact) mass is 363 g/mol. The van der Waals surface area contributed by atoms with Gasteiger partial charge in [-0.2, -0.15) is 4.98 Å². The lowest BCUT2D eigenvalue weighted by molar-refractivity contribution is -0.158. The number of hydrogen-bond acceptors (Lipinski definition) is 6. The summed E-state index contributed by atoms with van der Waals surface area (Å²) in [7, 11) is 0. The Bertz CT molecular complexity index is 822. The van der Waals surface area contributed by atoms with Crippen LogP contribution in [-0.2, 0) is 20.7 Å². The zero-order chi connectivity index (χ0) is 18.7. The first kappa shape index (κ1) is 18.0. The second-order valence-corrected chi connectivity index (χ2v) is 5.99. The van der Waals surface area contributed by atoms with E-state index >= 15 is 0 Å². The molecule has 1 amide bonds. The maximum Gasteiger partial charge on any atom is 0.328 e. The Hall–Kier alpha value is -2.81. The summed E-state index contributed by atoms with van der Waals surface area (Å²) in [5.41, 5.74) is 1.08. The van der Waals surface area contributed by atoms with Gasteiger partial charge >= 0.3 is 5.97 Å². The van der Waals surface area contributed by atoms with Crippen LogP contribution in [0.3, 0.4) is 0 Å². The maximum absolute atomic E-state index is 13.3. The minimum Gasteiger partial charge on any atom is -0.480 e. The smallest absolute Gasteiger partial charge is 0.328 e. The van der Waals surface area contributed by atoms with Gasteiger partial charge in [-0.1, -0.05) is 5.16 Å². The van der Waals surface area contributed by atoms with E-state index in [0.717, 1.165) is 0 Å². The van der Waals surface area contributed by atoms with Crippen molar-refractivity contribution in [3.05, 3.63) is 35.5 Å². The van der Waals surface area contributed by atoms with Crippen molar-refractivity contribution in [2.75, 3.05) is 19.8 Å². The van der Waals surface area contributed by atoms with E-state index in [9.17, 15) is 19.1 Å². The fraction of sp³-hybridized carbons (Fsp3) is 0.412. The van der Waals surface area contributed by atoms with Crippen LogP contribution in [0.4, 0.5) is 4.39 Å². The number of ether oxygens (including phenoxy) is 1. The largest absolute Gasteiger partial charge is 0.480 e. The quantitative estimate of drug-likeness (QED) is 0.856. The molecule has 1 aromatic carbocycles. The van der Waals surface area contributed by atoms with Gasteiger partial charge < -0.3 is 19.3 Å². The van der Waals surface area contributed by atoms with Crippen molar-refractivity contribution < 1.29 is 28.3 Å². The van der Waals surface area contributed by atoms with Gasteiger partial charge in [-0.05, 0) is 30.7 Å². The summed E-state index contributed by atoms with van der Waals surface area (Å²) in [6.45, 7) is 2.17. The third kappa shape index (κ3) is 3.88. The Morgan fingerprint density at radius 2 is 2.23 bits per heavy atom. The van der Waals surface area contributed by atoms with E-state index in [1.165, 1.54) is 11.0 Å². The number of carboxylic acid groups (broad SMARTS) is 1. The van der Waals surface area contributed by atoms with Gasteiger partial charge in [0.2, 0.25) is 17.6 Å². The van der Waals surface area contributed by atoms with Crippen LogP contribution in [0, 0.1) is 12.7 Å². The lowest BCUT2D eigenvalue weighted by Crippen LogP contribution is -2.52. The average molecular weight is 363 g/mol. The molecule has 3 rings (SSSR count). The molecular weight excluding hydrogens is 345 g/mol. The van der Waals surface area contributed by atoms with E-state index in [-0.39, 0.29) is 43.6 Å². The van der Waals surface area contributed by atoms with E-state index in [4.69, 9.17) is 9.26 Å². The zero-order valence-corrected chi connectivity index (χ0v) is 14.1.